The van der Waals surface area contributed by atoms with Crippen LogP contribution in [0.2, 0.25) is 0 Å². The lowest BCUT2D eigenvalue weighted by atomic mass is 9.82. The number of benzene rings is 6. The van der Waals surface area contributed by atoms with Crippen molar-refractivity contribution >= 4 is 43.5 Å². The van der Waals surface area contributed by atoms with Gasteiger partial charge < -0.3 is 0 Å². The normalized spacial score (nSPS) is 13.3. The Kier molecular flexibility index (Phi) is 6.00. The zero-order valence-electron chi connectivity index (χ0n) is 23.3. The van der Waals surface area contributed by atoms with E-state index < -0.39 is 0 Å². The van der Waals surface area contributed by atoms with E-state index in [9.17, 15) is 0 Å². The molecule has 0 atom stereocenters. The number of aromatic nitrogens is 1. The van der Waals surface area contributed by atoms with Crippen molar-refractivity contribution in [1.29, 1.82) is 0 Å². The van der Waals surface area contributed by atoms with E-state index in [1.54, 1.807) is 0 Å². The number of rotatable bonds is 4. The highest BCUT2D eigenvalue weighted by Crippen LogP contribution is 2.46. The average molecular weight is 536 g/mol. The molecule has 7 aromatic rings. The summed E-state index contributed by atoms with van der Waals surface area (Å²) < 4.78 is 0. The first kappa shape index (κ1) is 24.5. The molecule has 0 unspecified atom stereocenters. The van der Waals surface area contributed by atoms with Gasteiger partial charge in [0.2, 0.25) is 0 Å². The molecule has 0 saturated heterocycles. The topological polar surface area (TPSA) is 12.9 Å². The molecule has 0 aliphatic heterocycles. The first-order chi connectivity index (χ1) is 20.9. The second-order valence-corrected chi connectivity index (χ2v) is 11.0. The molecular formula is C41H29N. The molecule has 1 aromatic heterocycles. The molecule has 42 heavy (non-hydrogen) atoms. The zero-order valence-corrected chi connectivity index (χ0v) is 23.3. The molecular weight excluding hydrogens is 506 g/mol. The van der Waals surface area contributed by atoms with Gasteiger partial charge in [0.05, 0.1) is 5.69 Å². The predicted molar refractivity (Wildman–Crippen MR) is 179 cm³/mol. The third-order valence-electron chi connectivity index (χ3n) is 8.60. The van der Waals surface area contributed by atoms with Crippen LogP contribution in [0.1, 0.15) is 24.1 Å². The summed E-state index contributed by atoms with van der Waals surface area (Å²) in [6, 6.07) is 48.3. The van der Waals surface area contributed by atoms with Crippen molar-refractivity contribution < 1.29 is 0 Å². The Morgan fingerprint density at radius 3 is 1.69 bits per heavy atom. The van der Waals surface area contributed by atoms with Crippen LogP contribution in [0, 0.1) is 0 Å². The minimum absolute atomic E-state index is 1.01. The SMILES string of the molecule is C1=C(c2ccccn2)C=C(c2c3ccccc3c(-c3cccc4c(-c5ccccc5)cccc34)c3ccccc23)CC1. The van der Waals surface area contributed by atoms with Crippen LogP contribution in [0.25, 0.3) is 65.7 Å². The summed E-state index contributed by atoms with van der Waals surface area (Å²) in [5.41, 5.74) is 10.0. The Hall–Kier alpha value is -5.27. The van der Waals surface area contributed by atoms with E-state index >= 15 is 0 Å². The molecule has 0 spiro atoms. The van der Waals surface area contributed by atoms with Gasteiger partial charge in [0.15, 0.2) is 0 Å². The highest BCUT2D eigenvalue weighted by Gasteiger charge is 2.20. The second-order valence-electron chi connectivity index (χ2n) is 11.0. The average Bonchev–Trinajstić information content (AvgIpc) is 3.07. The Balaban J connectivity index is 1.42. The first-order valence-corrected chi connectivity index (χ1v) is 14.7. The molecule has 6 aromatic carbocycles. The van der Waals surface area contributed by atoms with E-state index in [0.717, 1.165) is 18.5 Å². The van der Waals surface area contributed by atoms with Crippen LogP contribution in [0.5, 0.6) is 0 Å². The van der Waals surface area contributed by atoms with E-state index in [4.69, 9.17) is 0 Å². The van der Waals surface area contributed by atoms with Gasteiger partial charge in [0.25, 0.3) is 0 Å². The molecule has 198 valence electrons. The number of hydrogen-bond acceptors (Lipinski definition) is 1. The summed E-state index contributed by atoms with van der Waals surface area (Å²) in [6.45, 7) is 0. The maximum atomic E-state index is 4.65. The quantitative estimate of drug-likeness (QED) is 0.204. The maximum Gasteiger partial charge on any atom is 0.0698 e. The fourth-order valence-corrected chi connectivity index (χ4v) is 6.77. The van der Waals surface area contributed by atoms with Crippen molar-refractivity contribution in [3.05, 3.63) is 163 Å². The fourth-order valence-electron chi connectivity index (χ4n) is 6.77. The Labute approximate surface area is 246 Å². The van der Waals surface area contributed by atoms with E-state index in [-0.39, 0.29) is 0 Å². The molecule has 0 amide bonds. The van der Waals surface area contributed by atoms with Crippen molar-refractivity contribution in [1.82, 2.24) is 4.98 Å². The summed E-state index contributed by atoms with van der Waals surface area (Å²) in [5, 5.41) is 7.74. The van der Waals surface area contributed by atoms with Crippen molar-refractivity contribution in [2.75, 3.05) is 0 Å². The summed E-state index contributed by atoms with van der Waals surface area (Å²) >= 11 is 0. The molecule has 0 saturated carbocycles. The molecule has 1 heterocycles. The van der Waals surface area contributed by atoms with Gasteiger partial charge in [0.1, 0.15) is 0 Å². The Bertz CT molecular complexity index is 2110. The predicted octanol–water partition coefficient (Wildman–Crippen LogP) is 11.1. The van der Waals surface area contributed by atoms with Crippen LogP contribution in [-0.2, 0) is 0 Å². The molecule has 0 radical (unpaired) electrons. The minimum atomic E-state index is 1.01. The highest BCUT2D eigenvalue weighted by atomic mass is 14.7. The summed E-state index contributed by atoms with van der Waals surface area (Å²) in [4.78, 5) is 4.65. The highest BCUT2D eigenvalue weighted by molar-refractivity contribution is 6.22. The van der Waals surface area contributed by atoms with E-state index in [1.807, 2.05) is 12.3 Å². The molecule has 1 heteroatoms. The van der Waals surface area contributed by atoms with Gasteiger partial charge in [0, 0.05) is 6.20 Å². The number of fused-ring (bicyclic) bond motifs is 3. The molecule has 1 nitrogen and oxygen atoms in total. The van der Waals surface area contributed by atoms with Crippen LogP contribution in [0.4, 0.5) is 0 Å². The Morgan fingerprint density at radius 2 is 1.02 bits per heavy atom. The van der Waals surface area contributed by atoms with Gasteiger partial charge >= 0.3 is 0 Å². The third-order valence-corrected chi connectivity index (χ3v) is 8.60. The zero-order chi connectivity index (χ0) is 27.9. The number of pyridine rings is 1. The lowest BCUT2D eigenvalue weighted by molar-refractivity contribution is 1.06. The van der Waals surface area contributed by atoms with Crippen LogP contribution < -0.4 is 0 Å². The third kappa shape index (κ3) is 4.05. The molecule has 1 aliphatic carbocycles. The van der Waals surface area contributed by atoms with Crippen LogP contribution in [0.3, 0.4) is 0 Å². The molecule has 1 aliphatic rings. The van der Waals surface area contributed by atoms with E-state index in [0.29, 0.717) is 0 Å². The van der Waals surface area contributed by atoms with Crippen LogP contribution in [0.15, 0.2) is 152 Å². The van der Waals surface area contributed by atoms with Gasteiger partial charge in [-0.3, -0.25) is 4.98 Å². The second kappa shape index (κ2) is 10.3. The van der Waals surface area contributed by atoms with Crippen LogP contribution >= 0.6 is 0 Å². The molecule has 0 bridgehead atoms. The maximum absolute atomic E-state index is 4.65. The van der Waals surface area contributed by atoms with Gasteiger partial charge in [-0.25, -0.2) is 0 Å². The van der Waals surface area contributed by atoms with Crippen molar-refractivity contribution in [3.63, 3.8) is 0 Å². The number of hydrogen-bond donors (Lipinski definition) is 0. The van der Waals surface area contributed by atoms with Crippen LogP contribution in [-0.4, -0.2) is 4.98 Å². The molecule has 8 rings (SSSR count). The van der Waals surface area contributed by atoms with Crippen molar-refractivity contribution in [2.24, 2.45) is 0 Å². The molecule has 0 N–H and O–H groups in total. The van der Waals surface area contributed by atoms with Crippen molar-refractivity contribution in [3.8, 4) is 22.3 Å². The minimum Gasteiger partial charge on any atom is -0.256 e. The Morgan fingerprint density at radius 1 is 0.452 bits per heavy atom. The van der Waals surface area contributed by atoms with Gasteiger partial charge in [-0.1, -0.05) is 127 Å². The lowest BCUT2D eigenvalue weighted by Crippen LogP contribution is -1.98. The summed E-state index contributed by atoms with van der Waals surface area (Å²) in [6.07, 6.45) is 8.59. The summed E-state index contributed by atoms with van der Waals surface area (Å²) in [7, 11) is 0. The first-order valence-electron chi connectivity index (χ1n) is 14.7. The fraction of sp³-hybridized carbons (Fsp3) is 0.0488. The molecule has 0 fully saturated rings. The van der Waals surface area contributed by atoms with Gasteiger partial charge in [-0.15, -0.1) is 0 Å². The van der Waals surface area contributed by atoms with Gasteiger partial charge in [-0.2, -0.15) is 0 Å². The van der Waals surface area contributed by atoms with Crippen molar-refractivity contribution in [2.45, 2.75) is 12.8 Å². The van der Waals surface area contributed by atoms with E-state index in [2.05, 4.69) is 145 Å². The monoisotopic (exact) mass is 535 g/mol. The lowest BCUT2D eigenvalue weighted by Gasteiger charge is -2.22. The van der Waals surface area contributed by atoms with E-state index in [1.165, 1.54) is 71.3 Å². The smallest absolute Gasteiger partial charge is 0.0698 e. The standard InChI is InChI=1S/C41H29N/c1-2-13-28(14-3-1)31-21-11-23-33-32(31)22-12-24-34(33)41-37-19-6-4-17-35(37)40(36-18-5-7-20-38(36)41)30-16-10-15-29(27-30)39-25-8-9-26-42-39/h1-9,11-15,17-27H,10,16H2. The summed E-state index contributed by atoms with van der Waals surface area (Å²) in [5.74, 6) is 0. The number of nitrogens with zero attached hydrogens (tertiary/aromatic N) is 1. The van der Waals surface area contributed by atoms with Gasteiger partial charge in [-0.05, 0) is 102 Å². The largest absolute Gasteiger partial charge is 0.256 e. The number of allylic oxidation sites excluding steroid dienone is 4.